The Morgan fingerprint density at radius 3 is 1.19 bits per heavy atom. The van der Waals surface area contributed by atoms with E-state index in [4.69, 9.17) is 9.97 Å². The van der Waals surface area contributed by atoms with Crippen LogP contribution in [0.5, 0.6) is 0 Å². The van der Waals surface area contributed by atoms with Crippen LogP contribution in [0.2, 0.25) is 0 Å². The number of hydrogen-bond acceptors (Lipinski definition) is 2. The highest BCUT2D eigenvalue weighted by molar-refractivity contribution is 6.13. The van der Waals surface area contributed by atoms with Crippen molar-refractivity contribution in [2.24, 2.45) is 0 Å². The van der Waals surface area contributed by atoms with Crippen LogP contribution in [0.1, 0.15) is 0 Å². The summed E-state index contributed by atoms with van der Waals surface area (Å²) in [5.74, 6) is 1.57. The lowest BCUT2D eigenvalue weighted by Crippen LogP contribution is -2.03. The number of para-hydroxylation sites is 9. The fourth-order valence-corrected chi connectivity index (χ4v) is 10.2. The quantitative estimate of drug-likeness (QED) is 0.178. The maximum Gasteiger partial charge on any atom is 0.223 e. The van der Waals surface area contributed by atoms with Gasteiger partial charge in [0.2, 0.25) is 11.6 Å². The maximum absolute atomic E-state index is 5.35. The standard InChI is InChI=1S/C56H35N7/c1-2-15-38(16-3-1)59-47-23-8-4-19-41(47)43-33-36(29-31-49(43)59)37-30-32-50-44(34-37)42-20-5-9-24-48(42)60(50)39-17-14-18-40(35-39)61-55-57-45-21-6-10-25-51(45)62(55)53-27-12-13-28-54(53)63-52-26-11-7-22-46(52)58-56(61)63/h1-35H. The molecule has 0 aliphatic carbocycles. The lowest BCUT2D eigenvalue weighted by atomic mass is 10.0. The first-order valence-corrected chi connectivity index (χ1v) is 21.3. The van der Waals surface area contributed by atoms with Crippen LogP contribution in [0.3, 0.4) is 0 Å². The summed E-state index contributed by atoms with van der Waals surface area (Å²) in [5, 5.41) is 4.89. The molecule has 0 radical (unpaired) electrons. The summed E-state index contributed by atoms with van der Waals surface area (Å²) in [6.07, 6.45) is 0. The summed E-state index contributed by atoms with van der Waals surface area (Å²) < 4.78 is 11.5. The van der Waals surface area contributed by atoms with Gasteiger partial charge in [-0.15, -0.1) is 0 Å². The third kappa shape index (κ3) is 4.84. The SMILES string of the molecule is c1ccc(-n2c3ccccc3c3cc(-c4ccc5c(c4)c4ccccc4n5-c4cccc(-n5c6nc7ccccc7n6c6ccccc6n6c7ccccc7nc56)c4)ccc32)cc1. The third-order valence-corrected chi connectivity index (χ3v) is 12.9. The second kappa shape index (κ2) is 12.9. The van der Waals surface area contributed by atoms with E-state index in [1.165, 1.54) is 43.7 Å². The highest BCUT2D eigenvalue weighted by Gasteiger charge is 2.21. The molecule has 14 aromatic rings. The molecule has 0 spiro atoms. The first kappa shape index (κ1) is 34.1. The van der Waals surface area contributed by atoms with Crippen molar-refractivity contribution < 1.29 is 0 Å². The highest BCUT2D eigenvalue weighted by Crippen LogP contribution is 2.39. The smallest absolute Gasteiger partial charge is 0.223 e. The molecule has 294 valence electrons. The van der Waals surface area contributed by atoms with E-state index in [2.05, 4.69) is 235 Å². The Hall–Kier alpha value is -8.68. The molecule has 0 aliphatic rings. The fourth-order valence-electron chi connectivity index (χ4n) is 10.2. The first-order chi connectivity index (χ1) is 31.3. The van der Waals surface area contributed by atoms with Crippen molar-refractivity contribution in [3.8, 4) is 28.2 Å². The Kier molecular flexibility index (Phi) is 6.98. The summed E-state index contributed by atoms with van der Waals surface area (Å²) >= 11 is 0. The minimum atomic E-state index is 0.783. The van der Waals surface area contributed by atoms with E-state index >= 15 is 0 Å². The van der Waals surface area contributed by atoms with Crippen molar-refractivity contribution in [3.05, 3.63) is 212 Å². The summed E-state index contributed by atoms with van der Waals surface area (Å²) in [7, 11) is 0. The Balaban J connectivity index is 0.994. The molecule has 63 heavy (non-hydrogen) atoms. The van der Waals surface area contributed by atoms with Crippen molar-refractivity contribution in [3.63, 3.8) is 0 Å². The predicted octanol–water partition coefficient (Wildman–Crippen LogP) is 13.7. The largest absolute Gasteiger partial charge is 0.309 e. The molecule has 0 amide bonds. The van der Waals surface area contributed by atoms with Gasteiger partial charge in [0, 0.05) is 32.9 Å². The summed E-state index contributed by atoms with van der Waals surface area (Å²) in [6, 6.07) is 76.1. The van der Waals surface area contributed by atoms with E-state index in [1.54, 1.807) is 0 Å². The number of aromatic nitrogens is 7. The number of hydrogen-bond donors (Lipinski definition) is 0. The molecule has 5 aromatic heterocycles. The fraction of sp³-hybridized carbons (Fsp3) is 0. The molecule has 7 heteroatoms. The average molecular weight is 806 g/mol. The molecule has 9 aromatic carbocycles. The van der Waals surface area contributed by atoms with Crippen molar-refractivity contribution in [1.82, 2.24) is 32.5 Å². The van der Waals surface area contributed by atoms with Gasteiger partial charge >= 0.3 is 0 Å². The molecule has 0 saturated carbocycles. The van der Waals surface area contributed by atoms with Crippen LogP contribution < -0.4 is 0 Å². The van der Waals surface area contributed by atoms with E-state index in [1.807, 2.05) is 0 Å². The number of fused-ring (bicyclic) bond motifs is 15. The molecule has 5 heterocycles. The van der Waals surface area contributed by atoms with Crippen LogP contribution >= 0.6 is 0 Å². The van der Waals surface area contributed by atoms with Crippen molar-refractivity contribution >= 4 is 88.3 Å². The maximum atomic E-state index is 5.35. The lowest BCUT2D eigenvalue weighted by Gasteiger charge is -2.12. The molecule has 14 rings (SSSR count). The van der Waals surface area contributed by atoms with E-state index < -0.39 is 0 Å². The van der Waals surface area contributed by atoms with Crippen molar-refractivity contribution in [2.45, 2.75) is 0 Å². The normalized spacial score (nSPS) is 12.1. The molecule has 0 unspecified atom stereocenters. The van der Waals surface area contributed by atoms with Gasteiger partial charge in [0.05, 0.1) is 60.9 Å². The van der Waals surface area contributed by atoms with Gasteiger partial charge in [-0.1, -0.05) is 109 Å². The zero-order valence-electron chi connectivity index (χ0n) is 33.8. The number of rotatable bonds is 4. The van der Waals surface area contributed by atoms with E-state index in [0.29, 0.717) is 0 Å². The zero-order chi connectivity index (χ0) is 41.2. The first-order valence-electron chi connectivity index (χ1n) is 21.3. The van der Waals surface area contributed by atoms with Crippen LogP contribution in [-0.4, -0.2) is 32.5 Å². The summed E-state index contributed by atoms with van der Waals surface area (Å²) in [6.45, 7) is 0. The Morgan fingerprint density at radius 1 is 0.254 bits per heavy atom. The molecule has 0 bridgehead atoms. The van der Waals surface area contributed by atoms with Gasteiger partial charge < -0.3 is 9.13 Å². The number of benzene rings is 9. The second-order valence-corrected chi connectivity index (χ2v) is 16.3. The van der Waals surface area contributed by atoms with Crippen LogP contribution in [0.25, 0.3) is 116 Å². The zero-order valence-corrected chi connectivity index (χ0v) is 33.8. The monoisotopic (exact) mass is 805 g/mol. The topological polar surface area (TPSA) is 49.4 Å². The van der Waals surface area contributed by atoms with Crippen molar-refractivity contribution in [2.75, 3.05) is 0 Å². The molecule has 0 atom stereocenters. The molecule has 0 N–H and O–H groups in total. The van der Waals surface area contributed by atoms with E-state index in [9.17, 15) is 0 Å². The van der Waals surface area contributed by atoms with Crippen LogP contribution in [0, 0.1) is 0 Å². The molecule has 0 fully saturated rings. The number of nitrogens with zero attached hydrogens (tertiary/aromatic N) is 7. The Bertz CT molecular complexity index is 4100. The van der Waals surface area contributed by atoms with Gasteiger partial charge in [-0.2, -0.15) is 0 Å². The number of imidazole rings is 2. The molecule has 0 aliphatic heterocycles. The van der Waals surface area contributed by atoms with Crippen LogP contribution in [-0.2, 0) is 0 Å². The van der Waals surface area contributed by atoms with E-state index in [0.717, 1.165) is 72.8 Å². The van der Waals surface area contributed by atoms with Gasteiger partial charge in [-0.25, -0.2) is 14.5 Å². The van der Waals surface area contributed by atoms with Gasteiger partial charge in [-0.05, 0) is 114 Å². The van der Waals surface area contributed by atoms with Crippen molar-refractivity contribution in [1.29, 1.82) is 0 Å². The van der Waals surface area contributed by atoms with Gasteiger partial charge in [0.1, 0.15) is 0 Å². The lowest BCUT2D eigenvalue weighted by molar-refractivity contribution is 1.02. The van der Waals surface area contributed by atoms with Crippen LogP contribution in [0.15, 0.2) is 212 Å². The minimum absolute atomic E-state index is 0.783. The average Bonchev–Trinajstić information content (AvgIpc) is 4.08. The Labute approximate surface area is 359 Å². The second-order valence-electron chi connectivity index (χ2n) is 16.3. The highest BCUT2D eigenvalue weighted by atomic mass is 15.3. The summed E-state index contributed by atoms with van der Waals surface area (Å²) in [4.78, 5) is 10.7. The third-order valence-electron chi connectivity index (χ3n) is 12.9. The van der Waals surface area contributed by atoms with Gasteiger partial charge in [-0.3, -0.25) is 8.80 Å². The molecular weight excluding hydrogens is 771 g/mol. The van der Waals surface area contributed by atoms with E-state index in [-0.39, 0.29) is 0 Å². The van der Waals surface area contributed by atoms with Gasteiger partial charge in [0.25, 0.3) is 0 Å². The minimum Gasteiger partial charge on any atom is -0.309 e. The molecule has 7 nitrogen and oxygen atoms in total. The predicted molar refractivity (Wildman–Crippen MR) is 259 cm³/mol. The molecular formula is C56H35N7. The van der Waals surface area contributed by atoms with Gasteiger partial charge in [0.15, 0.2) is 0 Å². The van der Waals surface area contributed by atoms with Crippen LogP contribution in [0.4, 0.5) is 0 Å². The summed E-state index contributed by atoms with van der Waals surface area (Å²) in [5.41, 5.74) is 16.2. The Morgan fingerprint density at radius 2 is 0.651 bits per heavy atom. The molecule has 0 saturated heterocycles.